The molecule has 1 aliphatic heterocycles. The standard InChI is InChI=1S/C12H12N4O3S/c1-7-10(6-19-7)16-9(4-13)3-8-5-14-12(15-11(8)16)20(2,17)18/h3,5,7,10H,6H2,1-2H3. The molecule has 3 rings (SSSR count). The summed E-state index contributed by atoms with van der Waals surface area (Å²) in [5.41, 5.74) is 0.886. The summed E-state index contributed by atoms with van der Waals surface area (Å²) in [4.78, 5) is 7.95. The first kappa shape index (κ1) is 13.0. The summed E-state index contributed by atoms with van der Waals surface area (Å²) >= 11 is 0. The van der Waals surface area contributed by atoms with Crippen molar-refractivity contribution in [3.05, 3.63) is 18.0 Å². The number of hydrogen-bond donors (Lipinski definition) is 0. The molecule has 0 radical (unpaired) electrons. The van der Waals surface area contributed by atoms with Gasteiger partial charge >= 0.3 is 0 Å². The average Bonchev–Trinajstić information content (AvgIpc) is 2.74. The van der Waals surface area contributed by atoms with Crippen molar-refractivity contribution >= 4 is 20.9 Å². The van der Waals surface area contributed by atoms with Crippen molar-refractivity contribution in [1.82, 2.24) is 14.5 Å². The monoisotopic (exact) mass is 292 g/mol. The summed E-state index contributed by atoms with van der Waals surface area (Å²) in [5.74, 6) is 0. The molecule has 20 heavy (non-hydrogen) atoms. The van der Waals surface area contributed by atoms with E-state index in [9.17, 15) is 13.7 Å². The number of sulfone groups is 1. The quantitative estimate of drug-likeness (QED) is 0.754. The largest absolute Gasteiger partial charge is 0.374 e. The SMILES string of the molecule is CC1OCC1n1c(C#N)cc2cnc(S(C)(=O)=O)nc21. The summed E-state index contributed by atoms with van der Waals surface area (Å²) in [7, 11) is -3.49. The predicted octanol–water partition coefficient (Wildman–Crippen LogP) is 0.666. The zero-order valence-corrected chi connectivity index (χ0v) is 11.8. The molecule has 0 spiro atoms. The maximum Gasteiger partial charge on any atom is 0.248 e. The minimum atomic E-state index is -3.49. The number of ether oxygens (including phenoxy) is 1. The van der Waals surface area contributed by atoms with Crippen LogP contribution in [0.3, 0.4) is 0 Å². The number of fused-ring (bicyclic) bond motifs is 1. The summed E-state index contributed by atoms with van der Waals surface area (Å²) in [6, 6.07) is 3.75. The molecular weight excluding hydrogens is 280 g/mol. The molecule has 0 N–H and O–H groups in total. The molecule has 7 nitrogen and oxygen atoms in total. The van der Waals surface area contributed by atoms with Crippen LogP contribution in [0.4, 0.5) is 0 Å². The van der Waals surface area contributed by atoms with E-state index in [2.05, 4.69) is 16.0 Å². The Hall–Kier alpha value is -1.98. The van der Waals surface area contributed by atoms with E-state index in [1.165, 1.54) is 6.20 Å². The highest BCUT2D eigenvalue weighted by atomic mass is 32.2. The average molecular weight is 292 g/mol. The molecule has 0 saturated carbocycles. The zero-order chi connectivity index (χ0) is 14.5. The molecule has 3 heterocycles. The Balaban J connectivity index is 2.28. The molecule has 1 fully saturated rings. The Morgan fingerprint density at radius 3 is 2.80 bits per heavy atom. The lowest BCUT2D eigenvalue weighted by Gasteiger charge is -2.35. The van der Waals surface area contributed by atoms with Crippen LogP contribution in [0.25, 0.3) is 11.0 Å². The van der Waals surface area contributed by atoms with Gasteiger partial charge in [0.05, 0.1) is 18.8 Å². The van der Waals surface area contributed by atoms with E-state index in [1.54, 1.807) is 10.6 Å². The molecule has 1 saturated heterocycles. The van der Waals surface area contributed by atoms with Crippen LogP contribution in [0.5, 0.6) is 0 Å². The van der Waals surface area contributed by atoms with E-state index in [1.807, 2.05) is 6.92 Å². The number of hydrogen-bond acceptors (Lipinski definition) is 6. The molecule has 1 aliphatic rings. The van der Waals surface area contributed by atoms with Crippen molar-refractivity contribution in [3.63, 3.8) is 0 Å². The van der Waals surface area contributed by atoms with Crippen LogP contribution in [-0.2, 0) is 14.6 Å². The van der Waals surface area contributed by atoms with E-state index in [4.69, 9.17) is 4.74 Å². The zero-order valence-electron chi connectivity index (χ0n) is 10.9. The highest BCUT2D eigenvalue weighted by Gasteiger charge is 2.33. The minimum absolute atomic E-state index is 0.00976. The minimum Gasteiger partial charge on any atom is -0.374 e. The smallest absolute Gasteiger partial charge is 0.248 e. The van der Waals surface area contributed by atoms with Gasteiger partial charge in [-0.25, -0.2) is 13.4 Å². The van der Waals surface area contributed by atoms with Gasteiger partial charge in [0.15, 0.2) is 0 Å². The van der Waals surface area contributed by atoms with Crippen molar-refractivity contribution in [2.24, 2.45) is 0 Å². The molecule has 0 bridgehead atoms. The highest BCUT2D eigenvalue weighted by Crippen LogP contribution is 2.31. The normalized spacial score (nSPS) is 22.4. The molecule has 0 amide bonds. The van der Waals surface area contributed by atoms with E-state index in [0.717, 1.165) is 6.26 Å². The summed E-state index contributed by atoms with van der Waals surface area (Å²) < 4.78 is 30.2. The highest BCUT2D eigenvalue weighted by molar-refractivity contribution is 7.90. The van der Waals surface area contributed by atoms with Crippen LogP contribution in [0, 0.1) is 11.3 Å². The molecule has 8 heteroatoms. The van der Waals surface area contributed by atoms with E-state index < -0.39 is 9.84 Å². The molecule has 2 aromatic heterocycles. The topological polar surface area (TPSA) is 97.9 Å². The van der Waals surface area contributed by atoms with Crippen molar-refractivity contribution < 1.29 is 13.2 Å². The first-order valence-corrected chi connectivity index (χ1v) is 7.90. The van der Waals surface area contributed by atoms with Crippen molar-refractivity contribution in [2.75, 3.05) is 12.9 Å². The van der Waals surface area contributed by atoms with Crippen LogP contribution in [-0.4, -0.2) is 41.9 Å². The van der Waals surface area contributed by atoms with E-state index in [-0.39, 0.29) is 17.3 Å². The predicted molar refractivity (Wildman–Crippen MR) is 69.8 cm³/mol. The van der Waals surface area contributed by atoms with Crippen LogP contribution in [0.2, 0.25) is 0 Å². The number of rotatable bonds is 2. The Bertz CT molecular complexity index is 834. The van der Waals surface area contributed by atoms with Crippen LogP contribution < -0.4 is 0 Å². The fourth-order valence-corrected chi connectivity index (χ4v) is 2.75. The van der Waals surface area contributed by atoms with Gasteiger partial charge in [0.2, 0.25) is 15.0 Å². The summed E-state index contributed by atoms with van der Waals surface area (Å²) in [6.07, 6.45) is 2.46. The van der Waals surface area contributed by atoms with Gasteiger partial charge in [-0.2, -0.15) is 10.2 Å². The van der Waals surface area contributed by atoms with Crippen LogP contribution in [0.1, 0.15) is 18.7 Å². The van der Waals surface area contributed by atoms with Crippen LogP contribution >= 0.6 is 0 Å². The van der Waals surface area contributed by atoms with Gasteiger partial charge in [-0.15, -0.1) is 0 Å². The molecule has 0 aromatic carbocycles. The Morgan fingerprint density at radius 2 is 2.30 bits per heavy atom. The first-order chi connectivity index (χ1) is 9.41. The van der Waals surface area contributed by atoms with Crippen molar-refractivity contribution in [2.45, 2.75) is 24.2 Å². The molecule has 0 aliphatic carbocycles. The second-order valence-electron chi connectivity index (χ2n) is 4.82. The summed E-state index contributed by atoms with van der Waals surface area (Å²) in [6.45, 7) is 2.39. The lowest BCUT2D eigenvalue weighted by atomic mass is 10.1. The number of nitriles is 1. The molecule has 104 valence electrons. The Kier molecular flexibility index (Phi) is 2.77. The van der Waals surface area contributed by atoms with Gasteiger partial charge in [-0.1, -0.05) is 0 Å². The van der Waals surface area contributed by atoms with Crippen molar-refractivity contribution in [3.8, 4) is 6.07 Å². The molecular formula is C12H12N4O3S. The Morgan fingerprint density at radius 1 is 1.55 bits per heavy atom. The second kappa shape index (κ2) is 4.26. The fraction of sp³-hybridized carbons (Fsp3) is 0.417. The second-order valence-corrected chi connectivity index (χ2v) is 6.73. The van der Waals surface area contributed by atoms with Gasteiger partial charge in [0, 0.05) is 17.8 Å². The van der Waals surface area contributed by atoms with Gasteiger partial charge in [-0.3, -0.25) is 0 Å². The summed E-state index contributed by atoms with van der Waals surface area (Å²) in [5, 5.41) is 9.64. The van der Waals surface area contributed by atoms with Crippen molar-refractivity contribution in [1.29, 1.82) is 5.26 Å². The third-order valence-electron chi connectivity index (χ3n) is 3.40. The molecule has 2 aromatic rings. The molecule has 2 unspecified atom stereocenters. The molecule has 2 atom stereocenters. The van der Waals surface area contributed by atoms with Crippen LogP contribution in [0.15, 0.2) is 17.4 Å². The lowest BCUT2D eigenvalue weighted by Crippen LogP contribution is -2.39. The maximum absolute atomic E-state index is 11.6. The number of aromatic nitrogens is 3. The third kappa shape index (κ3) is 1.87. The van der Waals surface area contributed by atoms with E-state index >= 15 is 0 Å². The maximum atomic E-state index is 11.6. The van der Waals surface area contributed by atoms with Gasteiger partial charge in [0.1, 0.15) is 17.4 Å². The van der Waals surface area contributed by atoms with Gasteiger partial charge in [0.25, 0.3) is 0 Å². The lowest BCUT2D eigenvalue weighted by molar-refractivity contribution is -0.0918. The number of nitrogens with zero attached hydrogens (tertiary/aromatic N) is 4. The van der Waals surface area contributed by atoms with E-state index in [0.29, 0.717) is 23.3 Å². The third-order valence-corrected chi connectivity index (χ3v) is 4.26. The Labute approximate surface area is 115 Å². The fourth-order valence-electron chi connectivity index (χ4n) is 2.25. The van der Waals surface area contributed by atoms with Gasteiger partial charge in [-0.05, 0) is 13.0 Å². The first-order valence-electron chi connectivity index (χ1n) is 6.01. The van der Waals surface area contributed by atoms with Gasteiger partial charge < -0.3 is 9.30 Å².